The van der Waals surface area contributed by atoms with Crippen LogP contribution < -0.4 is 4.90 Å². The first-order valence-corrected chi connectivity index (χ1v) is 9.49. The molecular weight excluding hydrogens is 316 g/mol. The number of imidazole rings is 1. The Morgan fingerprint density at radius 3 is 2.78 bits per heavy atom. The lowest BCUT2D eigenvalue weighted by molar-refractivity contribution is 0.0984. The Labute approximate surface area is 136 Å². The van der Waals surface area contributed by atoms with Gasteiger partial charge in [-0.15, -0.1) is 5.10 Å². The van der Waals surface area contributed by atoms with Crippen molar-refractivity contribution in [2.75, 3.05) is 30.9 Å². The van der Waals surface area contributed by atoms with Crippen molar-refractivity contribution in [3.8, 4) is 0 Å². The molecule has 0 aromatic carbocycles. The summed E-state index contributed by atoms with van der Waals surface area (Å²) >= 11 is 0. The van der Waals surface area contributed by atoms with Crippen LogP contribution in [0.1, 0.15) is 26.3 Å². The van der Waals surface area contributed by atoms with Gasteiger partial charge in [0, 0.05) is 18.4 Å². The Morgan fingerprint density at radius 1 is 1.39 bits per heavy atom. The first-order valence-electron chi connectivity index (χ1n) is 7.59. The third kappa shape index (κ3) is 2.70. The van der Waals surface area contributed by atoms with Crippen LogP contribution >= 0.6 is 0 Å². The maximum absolute atomic E-state index is 12.3. The van der Waals surface area contributed by atoms with E-state index in [1.807, 2.05) is 6.07 Å². The molecule has 3 heterocycles. The van der Waals surface area contributed by atoms with Gasteiger partial charge in [0.1, 0.15) is 12.1 Å². The number of ether oxygens (including phenoxy) is 1. The van der Waals surface area contributed by atoms with Gasteiger partial charge in [0.25, 0.3) is 0 Å². The second-order valence-electron chi connectivity index (χ2n) is 6.54. The normalized spacial score (nSPS) is 20.2. The second-order valence-corrected chi connectivity index (χ2v) is 9.10. The minimum atomic E-state index is -3.30. The predicted octanol–water partition coefficient (Wildman–Crippen LogP) is 1.23. The molecule has 1 fully saturated rings. The number of hydrogen-bond donors (Lipinski definition) is 0. The van der Waals surface area contributed by atoms with E-state index in [-0.39, 0.29) is 6.04 Å². The lowest BCUT2D eigenvalue weighted by Gasteiger charge is -2.35. The van der Waals surface area contributed by atoms with Crippen molar-refractivity contribution in [1.29, 1.82) is 0 Å². The van der Waals surface area contributed by atoms with E-state index in [1.54, 1.807) is 30.9 Å². The fraction of sp³-hybridized carbons (Fsp3) is 0.600. The molecule has 23 heavy (non-hydrogen) atoms. The van der Waals surface area contributed by atoms with E-state index in [4.69, 9.17) is 4.74 Å². The van der Waals surface area contributed by atoms with Crippen molar-refractivity contribution in [1.82, 2.24) is 14.6 Å². The number of nitrogens with zero attached hydrogens (tertiary/aromatic N) is 4. The van der Waals surface area contributed by atoms with Gasteiger partial charge in [-0.25, -0.2) is 17.9 Å². The zero-order valence-corrected chi connectivity index (χ0v) is 14.7. The second kappa shape index (κ2) is 5.45. The third-order valence-electron chi connectivity index (χ3n) is 4.62. The van der Waals surface area contributed by atoms with Gasteiger partial charge in [0.2, 0.25) is 0 Å². The molecule has 0 N–H and O–H groups in total. The fourth-order valence-electron chi connectivity index (χ4n) is 2.79. The standard InChI is InChI=1S/C15H22N4O3S/c1-11-9-22-6-5-18(11)14-7-12(15(2,3)23(4,20)21)13-8-16-10-19(13)17-14/h7-8,10-11H,5-6,9H2,1-4H3/t11-/m1/s1. The summed E-state index contributed by atoms with van der Waals surface area (Å²) in [5.41, 5.74) is 1.42. The summed E-state index contributed by atoms with van der Waals surface area (Å²) in [7, 11) is -3.30. The van der Waals surface area contributed by atoms with E-state index >= 15 is 0 Å². The van der Waals surface area contributed by atoms with Crippen LogP contribution in [0.2, 0.25) is 0 Å². The number of aromatic nitrogens is 3. The van der Waals surface area contributed by atoms with Crippen molar-refractivity contribution in [2.24, 2.45) is 0 Å². The van der Waals surface area contributed by atoms with E-state index in [9.17, 15) is 8.42 Å². The molecule has 0 radical (unpaired) electrons. The molecule has 0 unspecified atom stereocenters. The molecule has 0 saturated carbocycles. The smallest absolute Gasteiger partial charge is 0.156 e. The fourth-order valence-corrected chi connectivity index (χ4v) is 3.36. The largest absolute Gasteiger partial charge is 0.377 e. The van der Waals surface area contributed by atoms with Gasteiger partial charge in [-0.1, -0.05) is 0 Å². The van der Waals surface area contributed by atoms with Crippen molar-refractivity contribution < 1.29 is 13.2 Å². The first kappa shape index (κ1) is 16.2. The van der Waals surface area contributed by atoms with E-state index in [0.717, 1.165) is 12.4 Å². The zero-order chi connectivity index (χ0) is 16.8. The summed E-state index contributed by atoms with van der Waals surface area (Å²) < 4.78 is 30.7. The average molecular weight is 338 g/mol. The molecule has 126 valence electrons. The van der Waals surface area contributed by atoms with Gasteiger partial charge >= 0.3 is 0 Å². The number of rotatable bonds is 3. The molecule has 1 aliphatic rings. The number of morpholine rings is 1. The summed E-state index contributed by atoms with van der Waals surface area (Å²) in [6.07, 6.45) is 4.52. The summed E-state index contributed by atoms with van der Waals surface area (Å²) in [6.45, 7) is 7.51. The number of hydrogen-bond acceptors (Lipinski definition) is 6. The highest BCUT2D eigenvalue weighted by Crippen LogP contribution is 2.34. The van der Waals surface area contributed by atoms with Crippen LogP contribution in [0.15, 0.2) is 18.6 Å². The Bertz CT molecular complexity index is 828. The van der Waals surface area contributed by atoms with Crippen LogP contribution in [0.4, 0.5) is 5.82 Å². The van der Waals surface area contributed by atoms with E-state index in [1.165, 1.54) is 6.26 Å². The molecule has 8 heteroatoms. The average Bonchev–Trinajstić information content (AvgIpc) is 2.93. The Balaban J connectivity index is 2.20. The summed E-state index contributed by atoms with van der Waals surface area (Å²) in [6, 6.07) is 2.06. The van der Waals surface area contributed by atoms with Crippen LogP contribution in [0.5, 0.6) is 0 Å². The SMILES string of the molecule is C[C@@H]1COCCN1c1cc(C(C)(C)S(C)(=O)=O)c2cncn2n1. The lowest BCUT2D eigenvalue weighted by Crippen LogP contribution is -2.44. The number of sulfone groups is 1. The van der Waals surface area contributed by atoms with Gasteiger partial charge in [0.05, 0.1) is 35.7 Å². The minimum absolute atomic E-state index is 0.186. The highest BCUT2D eigenvalue weighted by atomic mass is 32.2. The molecule has 0 bridgehead atoms. The van der Waals surface area contributed by atoms with Crippen LogP contribution in [-0.4, -0.2) is 55.1 Å². The molecule has 1 saturated heterocycles. The Hall–Kier alpha value is -1.67. The van der Waals surface area contributed by atoms with Crippen LogP contribution in [0, 0.1) is 0 Å². The molecule has 0 aliphatic carbocycles. The molecular formula is C15H22N4O3S. The minimum Gasteiger partial charge on any atom is -0.377 e. The van der Waals surface area contributed by atoms with Crippen molar-refractivity contribution in [3.63, 3.8) is 0 Å². The molecule has 1 aliphatic heterocycles. The first-order chi connectivity index (χ1) is 10.7. The highest BCUT2D eigenvalue weighted by molar-refractivity contribution is 7.91. The molecule has 2 aromatic rings. The maximum atomic E-state index is 12.3. The van der Waals surface area contributed by atoms with Crippen LogP contribution in [-0.2, 0) is 19.3 Å². The number of anilines is 1. The monoisotopic (exact) mass is 338 g/mol. The van der Waals surface area contributed by atoms with Gasteiger partial charge in [0.15, 0.2) is 9.84 Å². The molecule has 0 amide bonds. The third-order valence-corrected chi connectivity index (χ3v) is 6.69. The molecule has 3 rings (SSSR count). The molecule has 1 atom stereocenters. The topological polar surface area (TPSA) is 76.8 Å². The van der Waals surface area contributed by atoms with Gasteiger partial charge < -0.3 is 9.64 Å². The predicted molar refractivity (Wildman–Crippen MR) is 88.5 cm³/mol. The van der Waals surface area contributed by atoms with Crippen molar-refractivity contribution in [2.45, 2.75) is 31.6 Å². The van der Waals surface area contributed by atoms with Crippen molar-refractivity contribution >= 4 is 21.2 Å². The van der Waals surface area contributed by atoms with Gasteiger partial charge in [-0.05, 0) is 26.8 Å². The van der Waals surface area contributed by atoms with E-state index < -0.39 is 14.6 Å². The van der Waals surface area contributed by atoms with Crippen molar-refractivity contribution in [3.05, 3.63) is 24.2 Å². The zero-order valence-electron chi connectivity index (χ0n) is 13.9. The summed E-state index contributed by atoms with van der Waals surface area (Å²) in [4.78, 5) is 6.27. The van der Waals surface area contributed by atoms with E-state index in [2.05, 4.69) is 21.9 Å². The Morgan fingerprint density at radius 2 is 2.13 bits per heavy atom. The van der Waals surface area contributed by atoms with Crippen LogP contribution in [0.25, 0.3) is 5.52 Å². The molecule has 2 aromatic heterocycles. The highest BCUT2D eigenvalue weighted by Gasteiger charge is 2.35. The van der Waals surface area contributed by atoms with E-state index in [0.29, 0.717) is 24.3 Å². The van der Waals surface area contributed by atoms with Gasteiger partial charge in [-0.2, -0.15) is 0 Å². The van der Waals surface area contributed by atoms with Crippen LogP contribution in [0.3, 0.4) is 0 Å². The molecule has 7 nitrogen and oxygen atoms in total. The summed E-state index contributed by atoms with van der Waals surface area (Å²) in [5, 5.41) is 4.60. The quantitative estimate of drug-likeness (QED) is 0.838. The van der Waals surface area contributed by atoms with Gasteiger partial charge in [-0.3, -0.25) is 0 Å². The maximum Gasteiger partial charge on any atom is 0.156 e. The Kier molecular flexibility index (Phi) is 3.84. The summed E-state index contributed by atoms with van der Waals surface area (Å²) in [5.74, 6) is 0.748. The molecule has 0 spiro atoms. The lowest BCUT2D eigenvalue weighted by atomic mass is 10.0. The number of fused-ring (bicyclic) bond motifs is 1.